The average Bonchev–Trinajstić information content (AvgIpc) is 3.40. The van der Waals surface area contributed by atoms with Gasteiger partial charge in [-0.1, -0.05) is 57.9 Å². The van der Waals surface area contributed by atoms with Gasteiger partial charge in [0.15, 0.2) is 0 Å². The number of aryl methyl sites for hydroxylation is 1. The summed E-state index contributed by atoms with van der Waals surface area (Å²) in [6, 6.07) is 13.8. The van der Waals surface area contributed by atoms with Crippen molar-refractivity contribution in [3.8, 4) is 5.75 Å². The van der Waals surface area contributed by atoms with E-state index in [4.69, 9.17) is 4.74 Å². The van der Waals surface area contributed by atoms with E-state index < -0.39 is 0 Å². The van der Waals surface area contributed by atoms with Crippen LogP contribution in [-0.4, -0.2) is 23.0 Å². The molecule has 152 valence electrons. The van der Waals surface area contributed by atoms with Gasteiger partial charge in [-0.2, -0.15) is 10.1 Å². The monoisotopic (exact) mass is 464 g/mol. The predicted octanol–water partition coefficient (Wildman–Crippen LogP) is 4.48. The highest BCUT2D eigenvalue weighted by molar-refractivity contribution is 9.10. The number of fused-ring (bicyclic) bond motifs is 5. The Morgan fingerprint density at radius 2 is 1.83 bits per heavy atom. The van der Waals surface area contributed by atoms with Gasteiger partial charge in [-0.25, -0.2) is 0 Å². The van der Waals surface area contributed by atoms with E-state index in [0.717, 1.165) is 21.5 Å². The van der Waals surface area contributed by atoms with E-state index in [1.807, 2.05) is 43.3 Å². The number of halogens is 1. The maximum atomic E-state index is 12.8. The smallest absolute Gasteiger partial charge is 0.254 e. The number of ether oxygens (including phenoxy) is 1. The van der Waals surface area contributed by atoms with Crippen molar-refractivity contribution in [3.63, 3.8) is 0 Å². The summed E-state index contributed by atoms with van der Waals surface area (Å²) in [5, 5.41) is 5.35. The number of imide groups is 1. The molecule has 4 unspecified atom stereocenters. The first-order valence-electron chi connectivity index (χ1n) is 10.1. The van der Waals surface area contributed by atoms with Crippen LogP contribution in [0.25, 0.3) is 0 Å². The van der Waals surface area contributed by atoms with Gasteiger partial charge in [-0.3, -0.25) is 9.59 Å². The van der Waals surface area contributed by atoms with Gasteiger partial charge in [0.2, 0.25) is 0 Å². The quantitative estimate of drug-likeness (QED) is 0.372. The molecule has 6 heteroatoms. The molecule has 2 aliphatic carbocycles. The van der Waals surface area contributed by atoms with Crippen molar-refractivity contribution in [2.45, 2.75) is 20.0 Å². The largest absolute Gasteiger partial charge is 0.488 e. The standard InChI is InChI=1S/C24H21BrN2O3/c1-14-3-2-4-15(9-14)13-30-20-8-7-19(25)11-18(20)12-26-27-23(28)21-16-5-6-17(10-16)22(21)24(27)29/h2-9,11-12,16-17,21-22H,10,13H2,1H3. The zero-order valence-corrected chi connectivity index (χ0v) is 18.1. The zero-order chi connectivity index (χ0) is 20.8. The molecule has 0 N–H and O–H groups in total. The first-order chi connectivity index (χ1) is 14.5. The van der Waals surface area contributed by atoms with E-state index in [1.54, 1.807) is 6.21 Å². The van der Waals surface area contributed by atoms with Crippen LogP contribution >= 0.6 is 15.9 Å². The number of hydrazone groups is 1. The highest BCUT2D eigenvalue weighted by Crippen LogP contribution is 2.52. The Morgan fingerprint density at radius 3 is 2.53 bits per heavy atom. The lowest BCUT2D eigenvalue weighted by molar-refractivity contribution is -0.140. The molecule has 2 bridgehead atoms. The fourth-order valence-corrected chi connectivity index (χ4v) is 5.21. The number of amides is 2. The minimum Gasteiger partial charge on any atom is -0.488 e. The summed E-state index contributed by atoms with van der Waals surface area (Å²) in [5.41, 5.74) is 2.95. The molecular weight excluding hydrogens is 444 g/mol. The summed E-state index contributed by atoms with van der Waals surface area (Å²) in [6.45, 7) is 2.47. The van der Waals surface area contributed by atoms with Crippen molar-refractivity contribution in [1.29, 1.82) is 0 Å². The maximum Gasteiger partial charge on any atom is 0.254 e. The Hall–Kier alpha value is -2.73. The first-order valence-corrected chi connectivity index (χ1v) is 10.9. The van der Waals surface area contributed by atoms with Crippen LogP contribution in [0.15, 0.2) is 64.2 Å². The van der Waals surface area contributed by atoms with Gasteiger partial charge in [0.25, 0.3) is 11.8 Å². The number of nitrogens with zero attached hydrogens (tertiary/aromatic N) is 2. The molecule has 5 nitrogen and oxygen atoms in total. The Balaban J connectivity index is 1.36. The number of benzene rings is 2. The highest BCUT2D eigenvalue weighted by atomic mass is 79.9. The summed E-state index contributed by atoms with van der Waals surface area (Å²) in [5.74, 6) is 0.134. The van der Waals surface area contributed by atoms with Crippen LogP contribution < -0.4 is 4.74 Å². The molecule has 0 spiro atoms. The zero-order valence-electron chi connectivity index (χ0n) is 16.5. The van der Waals surface area contributed by atoms with Crippen molar-refractivity contribution in [3.05, 3.63) is 75.8 Å². The van der Waals surface area contributed by atoms with Crippen LogP contribution in [0.4, 0.5) is 0 Å². The van der Waals surface area contributed by atoms with Crippen LogP contribution in [-0.2, 0) is 16.2 Å². The van der Waals surface area contributed by atoms with E-state index in [-0.39, 0.29) is 35.5 Å². The number of hydrogen-bond acceptors (Lipinski definition) is 4. The van der Waals surface area contributed by atoms with Crippen LogP contribution in [0.5, 0.6) is 5.75 Å². The van der Waals surface area contributed by atoms with Gasteiger partial charge in [0, 0.05) is 10.0 Å². The molecule has 1 aliphatic heterocycles. The van der Waals surface area contributed by atoms with E-state index in [2.05, 4.69) is 39.2 Å². The summed E-state index contributed by atoms with van der Waals surface area (Å²) in [7, 11) is 0. The lowest BCUT2D eigenvalue weighted by Gasteiger charge is -2.13. The Morgan fingerprint density at radius 1 is 1.10 bits per heavy atom. The molecule has 3 aliphatic rings. The van der Waals surface area contributed by atoms with E-state index >= 15 is 0 Å². The number of carbonyl (C=O) groups excluding carboxylic acids is 2. The molecule has 2 aromatic rings. The van der Waals surface area contributed by atoms with Crippen LogP contribution in [0, 0.1) is 30.6 Å². The molecule has 30 heavy (non-hydrogen) atoms. The molecule has 1 heterocycles. The minimum absolute atomic E-state index is 0.177. The number of allylic oxidation sites excluding steroid dienone is 2. The normalized spacial score (nSPS) is 26.8. The maximum absolute atomic E-state index is 12.8. The van der Waals surface area contributed by atoms with E-state index in [1.165, 1.54) is 5.56 Å². The third-order valence-corrected chi connectivity index (χ3v) is 6.70. The molecular formula is C24H21BrN2O3. The molecule has 2 aromatic carbocycles. The fourth-order valence-electron chi connectivity index (χ4n) is 4.83. The van der Waals surface area contributed by atoms with Gasteiger partial charge < -0.3 is 4.74 Å². The van der Waals surface area contributed by atoms with Crippen molar-refractivity contribution in [2.24, 2.45) is 28.8 Å². The molecule has 5 rings (SSSR count). The first kappa shape index (κ1) is 19.2. The van der Waals surface area contributed by atoms with Gasteiger partial charge in [-0.05, 0) is 48.9 Å². The van der Waals surface area contributed by atoms with Crippen molar-refractivity contribution in [2.75, 3.05) is 0 Å². The topological polar surface area (TPSA) is 59.0 Å². The van der Waals surface area contributed by atoms with Gasteiger partial charge in [0.1, 0.15) is 12.4 Å². The molecule has 0 radical (unpaired) electrons. The summed E-state index contributed by atoms with van der Waals surface area (Å²) in [6.07, 6.45) is 6.61. The van der Waals surface area contributed by atoms with E-state index in [9.17, 15) is 9.59 Å². The second-order valence-electron chi connectivity index (χ2n) is 8.19. The number of carbonyl (C=O) groups is 2. The van der Waals surface area contributed by atoms with Gasteiger partial charge in [-0.15, -0.1) is 0 Å². The van der Waals surface area contributed by atoms with Crippen LogP contribution in [0.3, 0.4) is 0 Å². The summed E-state index contributed by atoms with van der Waals surface area (Å²) in [4.78, 5) is 25.6. The Kier molecular flexibility index (Phi) is 4.82. The third kappa shape index (κ3) is 3.29. The third-order valence-electron chi connectivity index (χ3n) is 6.21. The molecule has 2 fully saturated rings. The SMILES string of the molecule is Cc1cccc(COc2ccc(Br)cc2C=NN2C(=O)C3C4C=CC(C4)C3C2=O)c1. The van der Waals surface area contributed by atoms with Crippen molar-refractivity contribution in [1.82, 2.24) is 5.01 Å². The van der Waals surface area contributed by atoms with Crippen molar-refractivity contribution < 1.29 is 14.3 Å². The average molecular weight is 465 g/mol. The van der Waals surface area contributed by atoms with Crippen LogP contribution in [0.2, 0.25) is 0 Å². The summed E-state index contributed by atoms with van der Waals surface area (Å²) >= 11 is 3.47. The number of hydrogen-bond donors (Lipinski definition) is 0. The Labute approximate surface area is 183 Å². The molecule has 0 aromatic heterocycles. The fraction of sp³-hybridized carbons (Fsp3) is 0.292. The summed E-state index contributed by atoms with van der Waals surface area (Å²) < 4.78 is 6.88. The van der Waals surface area contributed by atoms with Crippen LogP contribution in [0.1, 0.15) is 23.1 Å². The lowest BCUT2D eigenvalue weighted by Crippen LogP contribution is -2.28. The highest BCUT2D eigenvalue weighted by Gasteiger charge is 2.59. The molecule has 1 saturated carbocycles. The van der Waals surface area contributed by atoms with Crippen molar-refractivity contribution >= 4 is 34.0 Å². The second-order valence-corrected chi connectivity index (χ2v) is 9.11. The molecule has 4 atom stereocenters. The lowest BCUT2D eigenvalue weighted by atomic mass is 9.85. The van der Waals surface area contributed by atoms with E-state index in [0.29, 0.717) is 17.9 Å². The number of rotatable bonds is 5. The van der Waals surface area contributed by atoms with Gasteiger partial charge in [0.05, 0.1) is 18.1 Å². The molecule has 2 amide bonds. The van der Waals surface area contributed by atoms with Gasteiger partial charge >= 0.3 is 0 Å². The predicted molar refractivity (Wildman–Crippen MR) is 117 cm³/mol. The second kappa shape index (κ2) is 7.51. The minimum atomic E-state index is -0.246. The molecule has 1 saturated heterocycles. The Bertz CT molecular complexity index is 1060.